The van der Waals surface area contributed by atoms with E-state index in [2.05, 4.69) is 25.5 Å². The highest BCUT2D eigenvalue weighted by Crippen LogP contribution is 2.44. The SMILES string of the molecule is CONC(=O)[C@@]1(Cc2ccccc2N=[N+]=[N-])N=C(c2ccc(OCCCO)cc2)O[C@H]1c1ccccc1CN=[N+]=[N-]. The summed E-state index contributed by atoms with van der Waals surface area (Å²) in [6.07, 6.45) is -0.482. The molecule has 2 N–H and O–H groups in total. The third kappa shape index (κ3) is 6.57. The number of benzene rings is 3. The van der Waals surface area contributed by atoms with E-state index >= 15 is 0 Å². The van der Waals surface area contributed by atoms with Crippen molar-refractivity contribution >= 4 is 17.5 Å². The Hall–Kier alpha value is -5.06. The number of nitrogens with one attached hydrogen (secondary N) is 1. The number of rotatable bonds is 13. The van der Waals surface area contributed by atoms with Gasteiger partial charge in [-0.25, -0.2) is 10.5 Å². The number of amides is 1. The lowest BCUT2D eigenvalue weighted by Gasteiger charge is -2.31. The topological polar surface area (TPSA) is 187 Å². The summed E-state index contributed by atoms with van der Waals surface area (Å²) in [6, 6.07) is 21.1. The van der Waals surface area contributed by atoms with Crippen LogP contribution in [0.15, 0.2) is 88.0 Å². The van der Waals surface area contributed by atoms with Crippen LogP contribution in [-0.2, 0) is 27.3 Å². The number of carbonyl (C=O) groups is 1. The predicted octanol–water partition coefficient (Wildman–Crippen LogP) is 5.38. The van der Waals surface area contributed by atoms with Gasteiger partial charge in [-0.1, -0.05) is 58.8 Å². The molecule has 1 heterocycles. The molecule has 0 aromatic heterocycles. The molecule has 13 heteroatoms. The lowest BCUT2D eigenvalue weighted by atomic mass is 9.80. The van der Waals surface area contributed by atoms with Crippen molar-refractivity contribution in [3.63, 3.8) is 0 Å². The first kappa shape index (κ1) is 28.9. The van der Waals surface area contributed by atoms with E-state index in [0.717, 1.165) is 0 Å². The van der Waals surface area contributed by atoms with Crippen LogP contribution in [0.5, 0.6) is 5.75 Å². The Kier molecular flexibility index (Phi) is 9.76. The predicted molar refractivity (Wildman–Crippen MR) is 150 cm³/mol. The number of hydroxylamine groups is 1. The van der Waals surface area contributed by atoms with Crippen LogP contribution in [0.4, 0.5) is 5.69 Å². The van der Waals surface area contributed by atoms with Gasteiger partial charge in [0.1, 0.15) is 5.75 Å². The van der Waals surface area contributed by atoms with Crippen LogP contribution in [0.3, 0.4) is 0 Å². The maximum Gasteiger partial charge on any atom is 0.276 e. The van der Waals surface area contributed by atoms with E-state index < -0.39 is 17.6 Å². The molecular weight excluding hydrogens is 528 g/mol. The number of hydrogen-bond donors (Lipinski definition) is 2. The molecule has 2 atom stereocenters. The zero-order chi connectivity index (χ0) is 29.1. The van der Waals surface area contributed by atoms with Crippen molar-refractivity contribution in [3.05, 3.63) is 116 Å². The van der Waals surface area contributed by atoms with Gasteiger partial charge in [-0.2, -0.15) is 0 Å². The Morgan fingerprint density at radius 3 is 2.51 bits per heavy atom. The minimum atomic E-state index is -1.62. The van der Waals surface area contributed by atoms with Crippen LogP contribution >= 0.6 is 0 Å². The van der Waals surface area contributed by atoms with E-state index in [1.54, 1.807) is 72.8 Å². The number of aliphatic hydroxyl groups excluding tert-OH is 1. The van der Waals surface area contributed by atoms with Crippen LogP contribution in [-0.4, -0.2) is 42.8 Å². The number of ether oxygens (including phenoxy) is 2. The van der Waals surface area contributed by atoms with Gasteiger partial charge in [-0.05, 0) is 52.0 Å². The van der Waals surface area contributed by atoms with Crippen LogP contribution in [0.25, 0.3) is 20.9 Å². The van der Waals surface area contributed by atoms with Crippen LogP contribution in [0.1, 0.15) is 34.8 Å². The van der Waals surface area contributed by atoms with Gasteiger partial charge >= 0.3 is 0 Å². The zero-order valence-corrected chi connectivity index (χ0v) is 22.3. The van der Waals surface area contributed by atoms with Gasteiger partial charge in [-0.15, -0.1) is 0 Å². The van der Waals surface area contributed by atoms with E-state index in [-0.39, 0.29) is 25.5 Å². The molecule has 1 aliphatic heterocycles. The fraction of sp³-hybridized carbons (Fsp3) is 0.286. The lowest BCUT2D eigenvalue weighted by Crippen LogP contribution is -2.49. The first-order chi connectivity index (χ1) is 20.1. The van der Waals surface area contributed by atoms with Crippen molar-refractivity contribution in [1.82, 2.24) is 5.48 Å². The first-order valence-electron chi connectivity index (χ1n) is 12.7. The van der Waals surface area contributed by atoms with Gasteiger partial charge in [0, 0.05) is 40.5 Å². The number of aliphatic hydroxyl groups is 1. The molecule has 0 bridgehead atoms. The van der Waals surface area contributed by atoms with Gasteiger partial charge in [0.2, 0.25) is 5.90 Å². The normalized spacial score (nSPS) is 17.4. The largest absolute Gasteiger partial charge is 0.494 e. The molecule has 0 radical (unpaired) electrons. The third-order valence-electron chi connectivity index (χ3n) is 6.47. The molecule has 0 unspecified atom stereocenters. The molecule has 1 amide bonds. The Labute approximate surface area is 235 Å². The summed E-state index contributed by atoms with van der Waals surface area (Å²) < 4.78 is 12.1. The summed E-state index contributed by atoms with van der Waals surface area (Å²) in [5.41, 5.74) is 21.6. The maximum absolute atomic E-state index is 13.9. The molecule has 0 aliphatic carbocycles. The number of carbonyl (C=O) groups excluding carboxylic acids is 1. The molecule has 13 nitrogen and oxygen atoms in total. The van der Waals surface area contributed by atoms with Crippen LogP contribution < -0.4 is 10.2 Å². The van der Waals surface area contributed by atoms with Crippen molar-refractivity contribution < 1.29 is 24.2 Å². The second kappa shape index (κ2) is 13.8. The first-order valence-corrected chi connectivity index (χ1v) is 12.7. The summed E-state index contributed by atoms with van der Waals surface area (Å²) >= 11 is 0. The van der Waals surface area contributed by atoms with E-state index in [1.165, 1.54) is 7.11 Å². The highest BCUT2D eigenvalue weighted by molar-refractivity contribution is 6.01. The molecule has 4 rings (SSSR count). The minimum absolute atomic E-state index is 0.0102. The van der Waals surface area contributed by atoms with Crippen molar-refractivity contribution in [3.8, 4) is 5.75 Å². The van der Waals surface area contributed by atoms with E-state index in [9.17, 15) is 4.79 Å². The lowest BCUT2D eigenvalue weighted by molar-refractivity contribution is -0.139. The van der Waals surface area contributed by atoms with Crippen LogP contribution in [0, 0.1) is 0 Å². The quantitative estimate of drug-likeness (QED) is 0.0939. The minimum Gasteiger partial charge on any atom is -0.494 e. The summed E-state index contributed by atoms with van der Waals surface area (Å²) in [4.78, 5) is 29.6. The molecule has 41 heavy (non-hydrogen) atoms. The van der Waals surface area contributed by atoms with Crippen molar-refractivity contribution in [2.75, 3.05) is 20.3 Å². The summed E-state index contributed by atoms with van der Waals surface area (Å²) in [6.45, 7) is 0.418. The summed E-state index contributed by atoms with van der Waals surface area (Å²) in [7, 11) is 1.32. The molecular formula is C28H28N8O5. The second-order valence-electron chi connectivity index (χ2n) is 9.01. The number of aliphatic imine (C=N–C) groups is 1. The van der Waals surface area contributed by atoms with Gasteiger partial charge in [0.25, 0.3) is 5.91 Å². The molecule has 0 saturated carbocycles. The van der Waals surface area contributed by atoms with Crippen molar-refractivity contribution in [2.24, 2.45) is 15.2 Å². The van der Waals surface area contributed by atoms with Crippen molar-refractivity contribution in [1.29, 1.82) is 0 Å². The fourth-order valence-electron chi connectivity index (χ4n) is 4.58. The summed E-state index contributed by atoms with van der Waals surface area (Å²) in [5.74, 6) is 0.213. The highest BCUT2D eigenvalue weighted by Gasteiger charge is 2.54. The Morgan fingerprint density at radius 1 is 1.07 bits per heavy atom. The molecule has 0 fully saturated rings. The molecule has 0 spiro atoms. The molecule has 210 valence electrons. The van der Waals surface area contributed by atoms with Gasteiger partial charge in [0.15, 0.2) is 11.6 Å². The number of hydrogen-bond acceptors (Lipinski definition) is 8. The molecule has 0 saturated heterocycles. The Morgan fingerprint density at radius 2 is 1.80 bits per heavy atom. The van der Waals surface area contributed by atoms with Gasteiger partial charge < -0.3 is 14.6 Å². The van der Waals surface area contributed by atoms with E-state index in [4.69, 9.17) is 35.5 Å². The Balaban J connectivity index is 1.86. The number of azide groups is 2. The average Bonchev–Trinajstić information content (AvgIpc) is 3.38. The standard InChI is InChI=1S/C28H28N8O5/c1-39-34-27(38)28(17-20-7-3-5-10-24(20)33-36-30)25(23-9-4-2-8-21(23)18-31-35-29)41-26(32-28)19-11-13-22(14-12-19)40-16-6-15-37/h2-5,7-14,25,37H,6,15-18H2,1H3,(H,34,38)/t25-,28-/m0/s1. The molecule has 1 aliphatic rings. The second-order valence-corrected chi connectivity index (χ2v) is 9.01. The summed E-state index contributed by atoms with van der Waals surface area (Å²) in [5, 5.41) is 16.5. The monoisotopic (exact) mass is 556 g/mol. The van der Waals surface area contributed by atoms with Crippen LogP contribution in [0.2, 0.25) is 0 Å². The van der Waals surface area contributed by atoms with E-state index in [1.807, 2.05) is 0 Å². The fourth-order valence-corrected chi connectivity index (χ4v) is 4.58. The van der Waals surface area contributed by atoms with E-state index in [0.29, 0.717) is 46.7 Å². The average molecular weight is 557 g/mol. The maximum atomic E-state index is 13.9. The molecule has 3 aromatic rings. The zero-order valence-electron chi connectivity index (χ0n) is 22.3. The highest BCUT2D eigenvalue weighted by atomic mass is 16.6. The third-order valence-corrected chi connectivity index (χ3v) is 6.47. The smallest absolute Gasteiger partial charge is 0.276 e. The van der Waals surface area contributed by atoms with Gasteiger partial charge in [0.05, 0.1) is 20.3 Å². The Bertz CT molecular complexity index is 1500. The molecule has 3 aromatic carbocycles. The van der Waals surface area contributed by atoms with Crippen molar-refractivity contribution in [2.45, 2.75) is 31.0 Å². The van der Waals surface area contributed by atoms with Gasteiger partial charge in [-0.3, -0.25) is 9.63 Å². The number of nitrogens with zero attached hydrogens (tertiary/aromatic N) is 7.